The Labute approximate surface area is 144 Å². The van der Waals surface area contributed by atoms with Crippen LogP contribution in [0.15, 0.2) is 47.1 Å². The van der Waals surface area contributed by atoms with Gasteiger partial charge in [0.05, 0.1) is 5.71 Å². The van der Waals surface area contributed by atoms with Gasteiger partial charge in [-0.3, -0.25) is 9.99 Å². The molecule has 1 aromatic heterocycles. The molecule has 1 aliphatic carbocycles. The number of alkyl halides is 3. The number of hydrogen-bond donors (Lipinski definition) is 0. The van der Waals surface area contributed by atoms with Gasteiger partial charge in [-0.1, -0.05) is 0 Å². The predicted octanol–water partition coefficient (Wildman–Crippen LogP) is 3.81. The van der Waals surface area contributed by atoms with Crippen molar-refractivity contribution in [1.82, 2.24) is 15.0 Å². The molecule has 1 aromatic rings. The van der Waals surface area contributed by atoms with Crippen LogP contribution in [0.4, 0.5) is 13.2 Å². The highest BCUT2D eigenvalue weighted by molar-refractivity contribution is 6.10. The largest absolute Gasteiger partial charge is 0.406 e. The van der Waals surface area contributed by atoms with Crippen molar-refractivity contribution in [2.24, 2.45) is 10.9 Å². The van der Waals surface area contributed by atoms with Crippen LogP contribution in [0, 0.1) is 12.8 Å². The number of pyridine rings is 1. The fraction of sp³-hybridized carbons (Fsp3) is 0.444. The number of hydrazine groups is 1. The SMILES string of the molecule is CC1=CC(c2cnccc2C)=NC2=CCN(C(C3CC3)C(F)(F)F)N12. The van der Waals surface area contributed by atoms with Crippen LogP contribution in [-0.2, 0) is 0 Å². The summed E-state index contributed by atoms with van der Waals surface area (Å²) in [5.41, 5.74) is 3.41. The zero-order valence-electron chi connectivity index (χ0n) is 14.1. The first kappa shape index (κ1) is 16.3. The van der Waals surface area contributed by atoms with E-state index in [1.165, 1.54) is 5.01 Å². The maximum Gasteiger partial charge on any atom is 0.406 e. The molecule has 0 saturated heterocycles. The zero-order valence-corrected chi connectivity index (χ0v) is 14.1. The first-order valence-corrected chi connectivity index (χ1v) is 8.38. The molecule has 0 N–H and O–H groups in total. The van der Waals surface area contributed by atoms with E-state index >= 15 is 0 Å². The first-order chi connectivity index (χ1) is 11.9. The summed E-state index contributed by atoms with van der Waals surface area (Å²) in [7, 11) is 0. The van der Waals surface area contributed by atoms with Gasteiger partial charge < -0.3 is 0 Å². The van der Waals surface area contributed by atoms with Gasteiger partial charge in [0.2, 0.25) is 0 Å². The predicted molar refractivity (Wildman–Crippen MR) is 88.5 cm³/mol. The molecule has 4 rings (SSSR count). The van der Waals surface area contributed by atoms with Crippen molar-refractivity contribution >= 4 is 5.71 Å². The number of aliphatic imine (C=N–C) groups is 1. The molecule has 7 heteroatoms. The van der Waals surface area contributed by atoms with Gasteiger partial charge in [-0.2, -0.15) is 18.2 Å². The molecule has 0 bridgehead atoms. The molecule has 3 heterocycles. The fourth-order valence-electron chi connectivity index (χ4n) is 3.57. The summed E-state index contributed by atoms with van der Waals surface area (Å²) >= 11 is 0. The van der Waals surface area contributed by atoms with E-state index < -0.39 is 12.2 Å². The van der Waals surface area contributed by atoms with Gasteiger partial charge in [0.25, 0.3) is 0 Å². The topological polar surface area (TPSA) is 31.7 Å². The van der Waals surface area contributed by atoms with Crippen LogP contribution in [0.2, 0.25) is 0 Å². The Morgan fingerprint density at radius 1 is 1.24 bits per heavy atom. The van der Waals surface area contributed by atoms with Crippen LogP contribution in [0.3, 0.4) is 0 Å². The Balaban J connectivity index is 1.66. The molecule has 0 spiro atoms. The Kier molecular flexibility index (Phi) is 3.72. The Hall–Kier alpha value is -2.15. The lowest BCUT2D eigenvalue weighted by atomic mass is 10.1. The lowest BCUT2D eigenvalue weighted by Gasteiger charge is -2.39. The van der Waals surface area contributed by atoms with E-state index in [1.807, 2.05) is 26.0 Å². The van der Waals surface area contributed by atoms with E-state index in [-0.39, 0.29) is 12.5 Å². The molecule has 1 saturated carbocycles. The molecule has 25 heavy (non-hydrogen) atoms. The molecular weight excluding hydrogens is 329 g/mol. The van der Waals surface area contributed by atoms with E-state index in [0.29, 0.717) is 18.7 Å². The van der Waals surface area contributed by atoms with Crippen molar-refractivity contribution in [3.8, 4) is 0 Å². The van der Waals surface area contributed by atoms with Crippen molar-refractivity contribution in [1.29, 1.82) is 0 Å². The van der Waals surface area contributed by atoms with E-state index in [4.69, 9.17) is 0 Å². The van der Waals surface area contributed by atoms with Crippen LogP contribution in [0.1, 0.15) is 30.9 Å². The van der Waals surface area contributed by atoms with Crippen molar-refractivity contribution in [2.45, 2.75) is 38.9 Å². The third-order valence-electron chi connectivity index (χ3n) is 4.89. The molecule has 132 valence electrons. The molecule has 1 unspecified atom stereocenters. The number of rotatable bonds is 3. The summed E-state index contributed by atoms with van der Waals surface area (Å²) in [6, 6.07) is 0.455. The minimum Gasteiger partial charge on any atom is -0.264 e. The minimum atomic E-state index is -4.24. The number of fused-ring (bicyclic) bond motifs is 1. The summed E-state index contributed by atoms with van der Waals surface area (Å²) in [6.07, 6.45) is 4.08. The van der Waals surface area contributed by atoms with E-state index in [9.17, 15) is 13.2 Å². The number of aryl methyl sites for hydroxylation is 1. The van der Waals surface area contributed by atoms with Crippen molar-refractivity contribution in [3.63, 3.8) is 0 Å². The van der Waals surface area contributed by atoms with Gasteiger partial charge in [0.1, 0.15) is 11.9 Å². The second-order valence-electron chi connectivity index (χ2n) is 6.79. The van der Waals surface area contributed by atoms with Crippen LogP contribution in [-0.4, -0.2) is 39.5 Å². The zero-order chi connectivity index (χ0) is 17.8. The van der Waals surface area contributed by atoms with Crippen molar-refractivity contribution in [3.05, 3.63) is 53.3 Å². The molecule has 0 amide bonds. The number of nitrogens with zero attached hydrogens (tertiary/aromatic N) is 4. The van der Waals surface area contributed by atoms with Gasteiger partial charge in [0, 0.05) is 30.2 Å². The van der Waals surface area contributed by atoms with Crippen molar-refractivity contribution in [2.75, 3.05) is 6.54 Å². The Bertz CT molecular complexity index is 790. The minimum absolute atomic E-state index is 0.226. The molecule has 0 aromatic carbocycles. The third kappa shape index (κ3) is 2.86. The van der Waals surface area contributed by atoms with Gasteiger partial charge in [0.15, 0.2) is 0 Å². The highest BCUT2D eigenvalue weighted by atomic mass is 19.4. The van der Waals surface area contributed by atoms with E-state index in [2.05, 4.69) is 9.98 Å². The summed E-state index contributed by atoms with van der Waals surface area (Å²) in [4.78, 5) is 8.73. The van der Waals surface area contributed by atoms with Crippen LogP contribution in [0.5, 0.6) is 0 Å². The number of aromatic nitrogens is 1. The van der Waals surface area contributed by atoms with E-state index in [0.717, 1.165) is 22.5 Å². The maximum absolute atomic E-state index is 13.6. The smallest absolute Gasteiger partial charge is 0.264 e. The number of allylic oxidation sites excluding steroid dienone is 2. The van der Waals surface area contributed by atoms with Gasteiger partial charge in [-0.15, -0.1) is 0 Å². The van der Waals surface area contributed by atoms with Gasteiger partial charge in [-0.25, -0.2) is 4.99 Å². The third-order valence-corrected chi connectivity index (χ3v) is 4.89. The molecule has 0 radical (unpaired) electrons. The van der Waals surface area contributed by atoms with Crippen LogP contribution >= 0.6 is 0 Å². The average Bonchev–Trinajstić information content (AvgIpc) is 3.26. The highest BCUT2D eigenvalue weighted by Gasteiger charge is 2.54. The molecule has 4 nitrogen and oxygen atoms in total. The summed E-state index contributed by atoms with van der Waals surface area (Å²) in [5.74, 6) is 0.250. The highest BCUT2D eigenvalue weighted by Crippen LogP contribution is 2.46. The number of hydrogen-bond acceptors (Lipinski definition) is 4. The lowest BCUT2D eigenvalue weighted by molar-refractivity contribution is -0.212. The summed E-state index contributed by atoms with van der Waals surface area (Å²) < 4.78 is 40.8. The maximum atomic E-state index is 13.6. The monoisotopic (exact) mass is 348 g/mol. The van der Waals surface area contributed by atoms with Crippen LogP contribution in [0.25, 0.3) is 0 Å². The Morgan fingerprint density at radius 3 is 2.64 bits per heavy atom. The second kappa shape index (κ2) is 5.69. The average molecular weight is 348 g/mol. The van der Waals surface area contributed by atoms with Gasteiger partial charge >= 0.3 is 6.18 Å². The normalized spacial score (nSPS) is 22.3. The second-order valence-corrected chi connectivity index (χ2v) is 6.79. The molecule has 3 aliphatic rings. The Morgan fingerprint density at radius 2 is 2.00 bits per heavy atom. The van der Waals surface area contributed by atoms with Gasteiger partial charge in [-0.05, 0) is 56.4 Å². The molecule has 1 fully saturated rings. The summed E-state index contributed by atoms with van der Waals surface area (Å²) in [6.45, 7) is 4.02. The number of halogens is 3. The molecule has 1 atom stereocenters. The van der Waals surface area contributed by atoms with Crippen LogP contribution < -0.4 is 0 Å². The standard InChI is InChI=1S/C18H19F3N4/c1-11-5-7-22-10-14(11)15-9-12(2)25-16(23-15)6-8-24(25)17(13-3-4-13)18(19,20)21/h5-7,9-10,13,17H,3-4,8H2,1-2H3. The summed E-state index contributed by atoms with van der Waals surface area (Å²) in [5, 5.41) is 3.03. The lowest BCUT2D eigenvalue weighted by Crippen LogP contribution is -2.52. The quantitative estimate of drug-likeness (QED) is 0.832. The molecular formula is C18H19F3N4. The van der Waals surface area contributed by atoms with Crippen molar-refractivity contribution < 1.29 is 13.2 Å². The fourth-order valence-corrected chi connectivity index (χ4v) is 3.57. The first-order valence-electron chi connectivity index (χ1n) is 8.38. The van der Waals surface area contributed by atoms with E-state index in [1.54, 1.807) is 23.5 Å². The molecule has 2 aliphatic heterocycles.